The first kappa shape index (κ1) is 12.1. The minimum absolute atomic E-state index is 0.0826. The average molecular weight is 246 g/mol. The molecule has 0 saturated heterocycles. The molecule has 0 aromatic heterocycles. The molecule has 0 fully saturated rings. The summed E-state index contributed by atoms with van der Waals surface area (Å²) in [4.78, 5) is 0. The molecule has 5 heteroatoms. The molecule has 2 nitrogen and oxygen atoms in total. The first-order valence-electron chi connectivity index (χ1n) is 5.41. The third-order valence-corrected chi connectivity index (χ3v) is 2.64. The fourth-order valence-electron chi connectivity index (χ4n) is 1.95. The van der Waals surface area contributed by atoms with Gasteiger partial charge in [-0.3, -0.25) is 0 Å². The summed E-state index contributed by atoms with van der Waals surface area (Å²) in [5.74, 6) is -0.00859. The molecule has 0 radical (unpaired) electrons. The third-order valence-electron chi connectivity index (χ3n) is 2.64. The van der Waals surface area contributed by atoms with E-state index in [2.05, 4.69) is 4.74 Å². The molecule has 1 aromatic rings. The number of hydrogen-bond donors (Lipinski definition) is 0. The monoisotopic (exact) mass is 246 g/mol. The third kappa shape index (κ3) is 2.84. The molecule has 1 heterocycles. The van der Waals surface area contributed by atoms with E-state index in [1.54, 1.807) is 6.92 Å². The molecule has 0 aliphatic carbocycles. The highest BCUT2D eigenvalue weighted by Gasteiger charge is 2.34. The van der Waals surface area contributed by atoms with Crippen LogP contribution in [0, 0.1) is 6.92 Å². The number of rotatable bonds is 1. The largest absolute Gasteiger partial charge is 0.573 e. The molecule has 0 amide bonds. The predicted molar refractivity (Wildman–Crippen MR) is 56.3 cm³/mol. The van der Waals surface area contributed by atoms with E-state index in [9.17, 15) is 13.2 Å². The van der Waals surface area contributed by atoms with Crippen LogP contribution in [-0.4, -0.2) is 12.5 Å². The van der Waals surface area contributed by atoms with Gasteiger partial charge in [0.15, 0.2) is 11.5 Å². The lowest BCUT2D eigenvalue weighted by Gasteiger charge is -2.26. The van der Waals surface area contributed by atoms with Gasteiger partial charge >= 0.3 is 6.36 Å². The highest BCUT2D eigenvalue weighted by atomic mass is 19.4. The van der Waals surface area contributed by atoms with Crippen LogP contribution < -0.4 is 9.47 Å². The van der Waals surface area contributed by atoms with Crippen molar-refractivity contribution in [3.8, 4) is 11.5 Å². The summed E-state index contributed by atoms with van der Waals surface area (Å²) in [6.45, 7) is 3.57. The maximum Gasteiger partial charge on any atom is 0.573 e. The van der Waals surface area contributed by atoms with E-state index < -0.39 is 6.36 Å². The van der Waals surface area contributed by atoms with Crippen molar-refractivity contribution in [1.82, 2.24) is 0 Å². The lowest BCUT2D eigenvalue weighted by Crippen LogP contribution is -2.22. The first-order valence-corrected chi connectivity index (χ1v) is 5.41. The van der Waals surface area contributed by atoms with Crippen molar-refractivity contribution >= 4 is 0 Å². The number of halogens is 3. The zero-order chi connectivity index (χ0) is 12.6. The Kier molecular flexibility index (Phi) is 2.93. The Morgan fingerprint density at radius 1 is 1.35 bits per heavy atom. The maximum absolute atomic E-state index is 12.3. The predicted octanol–water partition coefficient (Wildman–Crippen LogP) is 3.61. The Balaban J connectivity index is 2.40. The summed E-state index contributed by atoms with van der Waals surface area (Å²) in [6, 6.07) is 3.19. The molecule has 1 unspecified atom stereocenters. The van der Waals surface area contributed by atoms with Crippen molar-refractivity contribution < 1.29 is 22.6 Å². The number of aryl methyl sites for hydroxylation is 2. The van der Waals surface area contributed by atoms with Gasteiger partial charge in [-0.25, -0.2) is 0 Å². The molecule has 0 spiro atoms. The van der Waals surface area contributed by atoms with E-state index in [1.807, 2.05) is 13.0 Å². The van der Waals surface area contributed by atoms with Crippen molar-refractivity contribution in [2.45, 2.75) is 39.2 Å². The Morgan fingerprint density at radius 2 is 2.06 bits per heavy atom. The molecule has 1 aliphatic rings. The fraction of sp³-hybridized carbons (Fsp3) is 0.500. The van der Waals surface area contributed by atoms with Gasteiger partial charge in [-0.1, -0.05) is 6.07 Å². The summed E-state index contributed by atoms with van der Waals surface area (Å²) in [5, 5.41) is 0. The topological polar surface area (TPSA) is 18.5 Å². The van der Waals surface area contributed by atoms with E-state index in [0.29, 0.717) is 6.42 Å². The minimum Gasteiger partial charge on any atom is -0.487 e. The molecule has 2 rings (SSSR count). The Bertz CT molecular complexity index is 426. The maximum atomic E-state index is 12.3. The van der Waals surface area contributed by atoms with Gasteiger partial charge in [0.2, 0.25) is 0 Å². The van der Waals surface area contributed by atoms with Gasteiger partial charge in [0, 0.05) is 0 Å². The number of benzene rings is 1. The quantitative estimate of drug-likeness (QED) is 0.753. The van der Waals surface area contributed by atoms with Gasteiger partial charge in [0.1, 0.15) is 0 Å². The van der Waals surface area contributed by atoms with Crippen LogP contribution in [-0.2, 0) is 6.42 Å². The van der Waals surface area contributed by atoms with Crippen molar-refractivity contribution in [3.05, 3.63) is 23.3 Å². The summed E-state index contributed by atoms with van der Waals surface area (Å²) in [7, 11) is 0. The number of alkyl halides is 3. The van der Waals surface area contributed by atoms with Crippen molar-refractivity contribution in [1.29, 1.82) is 0 Å². The van der Waals surface area contributed by atoms with Crippen LogP contribution in [0.5, 0.6) is 11.5 Å². The molecule has 1 aromatic carbocycles. The molecule has 1 atom stereocenters. The highest BCUT2D eigenvalue weighted by Crippen LogP contribution is 2.40. The van der Waals surface area contributed by atoms with Crippen molar-refractivity contribution in [3.63, 3.8) is 0 Å². The molecule has 0 bridgehead atoms. The van der Waals surface area contributed by atoms with E-state index in [-0.39, 0.29) is 17.6 Å². The van der Waals surface area contributed by atoms with Crippen LogP contribution in [0.25, 0.3) is 0 Å². The van der Waals surface area contributed by atoms with Gasteiger partial charge in [-0.2, -0.15) is 0 Å². The van der Waals surface area contributed by atoms with E-state index in [4.69, 9.17) is 4.74 Å². The van der Waals surface area contributed by atoms with Gasteiger partial charge in [0.05, 0.1) is 6.10 Å². The van der Waals surface area contributed by atoms with E-state index in [1.165, 1.54) is 6.07 Å². The second kappa shape index (κ2) is 4.13. The lowest BCUT2D eigenvalue weighted by molar-refractivity contribution is -0.275. The van der Waals surface area contributed by atoms with Crippen LogP contribution in [0.2, 0.25) is 0 Å². The molecule has 17 heavy (non-hydrogen) atoms. The lowest BCUT2D eigenvalue weighted by atomic mass is 10.0. The number of fused-ring (bicyclic) bond motifs is 1. The standard InChI is InChI=1S/C12H13F3O2/c1-7-5-9-4-3-8(2)16-11(9)10(6-7)17-12(13,14)15/h5-6,8H,3-4H2,1-2H3. The summed E-state index contributed by atoms with van der Waals surface area (Å²) in [5.41, 5.74) is 1.52. The van der Waals surface area contributed by atoms with Gasteiger partial charge in [-0.15, -0.1) is 13.2 Å². The second-order valence-electron chi connectivity index (χ2n) is 4.27. The fourth-order valence-corrected chi connectivity index (χ4v) is 1.95. The van der Waals surface area contributed by atoms with Crippen LogP contribution in [0.3, 0.4) is 0 Å². The van der Waals surface area contributed by atoms with Crippen LogP contribution in [0.4, 0.5) is 13.2 Å². The first-order chi connectivity index (χ1) is 7.85. The average Bonchev–Trinajstić information content (AvgIpc) is 2.16. The van der Waals surface area contributed by atoms with Gasteiger partial charge in [-0.05, 0) is 43.9 Å². The summed E-state index contributed by atoms with van der Waals surface area (Å²) in [6.07, 6.45) is -3.25. The normalized spacial score (nSPS) is 19.5. The molecular weight excluding hydrogens is 233 g/mol. The molecule has 0 saturated carbocycles. The number of hydrogen-bond acceptors (Lipinski definition) is 2. The summed E-state index contributed by atoms with van der Waals surface area (Å²) < 4.78 is 46.2. The number of ether oxygens (including phenoxy) is 2. The van der Waals surface area contributed by atoms with Crippen LogP contribution >= 0.6 is 0 Å². The van der Waals surface area contributed by atoms with Crippen molar-refractivity contribution in [2.75, 3.05) is 0 Å². The summed E-state index contributed by atoms with van der Waals surface area (Å²) >= 11 is 0. The van der Waals surface area contributed by atoms with Crippen LogP contribution in [0.15, 0.2) is 12.1 Å². The molecule has 94 valence electrons. The molecular formula is C12H13F3O2. The smallest absolute Gasteiger partial charge is 0.487 e. The Morgan fingerprint density at radius 3 is 2.71 bits per heavy atom. The van der Waals surface area contributed by atoms with Crippen molar-refractivity contribution in [2.24, 2.45) is 0 Å². The van der Waals surface area contributed by atoms with E-state index in [0.717, 1.165) is 17.5 Å². The second-order valence-corrected chi connectivity index (χ2v) is 4.27. The minimum atomic E-state index is -4.69. The Hall–Kier alpha value is -1.39. The highest BCUT2D eigenvalue weighted by molar-refractivity contribution is 5.50. The van der Waals surface area contributed by atoms with Crippen LogP contribution in [0.1, 0.15) is 24.5 Å². The zero-order valence-corrected chi connectivity index (χ0v) is 9.60. The van der Waals surface area contributed by atoms with Gasteiger partial charge in [0.25, 0.3) is 0 Å². The van der Waals surface area contributed by atoms with Gasteiger partial charge < -0.3 is 9.47 Å². The SMILES string of the molecule is Cc1cc2c(c(OC(F)(F)F)c1)OC(C)CC2. The molecule has 1 aliphatic heterocycles. The zero-order valence-electron chi connectivity index (χ0n) is 9.60. The Labute approximate surface area is 97.3 Å². The van der Waals surface area contributed by atoms with E-state index >= 15 is 0 Å². The molecule has 0 N–H and O–H groups in total.